The summed E-state index contributed by atoms with van der Waals surface area (Å²) in [5.74, 6) is 1.39. The Morgan fingerprint density at radius 2 is 1.96 bits per heavy atom. The Morgan fingerprint density at radius 3 is 2.56 bits per heavy atom. The molecule has 1 heterocycles. The molecule has 146 valence electrons. The number of hydrogen-bond donors (Lipinski definition) is 2. The number of aryl methyl sites for hydroxylation is 1. The van der Waals surface area contributed by atoms with Gasteiger partial charge in [0.25, 0.3) is 0 Å². The van der Waals surface area contributed by atoms with Gasteiger partial charge in [-0.3, -0.25) is 0 Å². The van der Waals surface area contributed by atoms with Crippen molar-refractivity contribution in [3.8, 4) is 5.75 Å². The third-order valence-electron chi connectivity index (χ3n) is 4.42. The molecular weight excluding hydrogens is 357 g/mol. The van der Waals surface area contributed by atoms with Gasteiger partial charge < -0.3 is 15.4 Å². The lowest BCUT2D eigenvalue weighted by molar-refractivity contribution is -0.274. The van der Waals surface area contributed by atoms with Gasteiger partial charge >= 0.3 is 6.36 Å². The van der Waals surface area contributed by atoms with E-state index in [9.17, 15) is 13.2 Å². The normalized spacial score (nSPS) is 15.3. The maximum absolute atomic E-state index is 12.4. The van der Waals surface area contributed by atoms with Gasteiger partial charge in [-0.15, -0.1) is 13.2 Å². The zero-order valence-corrected chi connectivity index (χ0v) is 15.5. The van der Waals surface area contributed by atoms with Crippen LogP contribution in [0.25, 0.3) is 0 Å². The molecule has 1 aromatic heterocycles. The quantitative estimate of drug-likeness (QED) is 0.663. The number of hydrogen-bond acceptors (Lipinski definition) is 5. The minimum atomic E-state index is -4.70. The molecule has 0 bridgehead atoms. The average molecular weight is 380 g/mol. The second-order valence-corrected chi connectivity index (χ2v) is 6.88. The van der Waals surface area contributed by atoms with E-state index < -0.39 is 6.36 Å². The molecule has 8 heteroatoms. The number of ether oxygens (including phenoxy) is 1. The van der Waals surface area contributed by atoms with E-state index in [1.807, 2.05) is 6.07 Å². The first kappa shape index (κ1) is 19.3. The summed E-state index contributed by atoms with van der Waals surface area (Å²) in [6.07, 6.45) is -1.53. The van der Waals surface area contributed by atoms with Crippen LogP contribution in [0.4, 0.5) is 30.6 Å². The van der Waals surface area contributed by atoms with E-state index in [2.05, 4.69) is 39.2 Å². The maximum atomic E-state index is 12.4. The highest BCUT2D eigenvalue weighted by molar-refractivity contribution is 5.63. The van der Waals surface area contributed by atoms with E-state index in [4.69, 9.17) is 0 Å². The first-order valence-corrected chi connectivity index (χ1v) is 9.02. The first-order chi connectivity index (χ1) is 12.7. The zero-order chi connectivity index (χ0) is 19.6. The molecule has 1 atom stereocenters. The summed E-state index contributed by atoms with van der Waals surface area (Å²) in [6, 6.07) is 6.32. The molecule has 2 N–H and O–H groups in total. The molecule has 1 aliphatic carbocycles. The number of aromatic nitrogens is 2. The molecule has 1 fully saturated rings. The maximum Gasteiger partial charge on any atom is 0.573 e. The van der Waals surface area contributed by atoms with E-state index in [1.54, 1.807) is 13.0 Å². The monoisotopic (exact) mass is 380 g/mol. The third-order valence-corrected chi connectivity index (χ3v) is 4.42. The fraction of sp³-hybridized carbons (Fsp3) is 0.474. The number of rotatable bonds is 7. The van der Waals surface area contributed by atoms with Crippen LogP contribution in [0.3, 0.4) is 0 Å². The lowest BCUT2D eigenvalue weighted by atomic mass is 10.2. The number of nitrogens with zero attached hydrogens (tertiary/aromatic N) is 2. The van der Waals surface area contributed by atoms with Gasteiger partial charge in [0.05, 0.1) is 5.69 Å². The van der Waals surface area contributed by atoms with Gasteiger partial charge in [0.2, 0.25) is 5.95 Å². The molecule has 2 aromatic rings. The summed E-state index contributed by atoms with van der Waals surface area (Å²) in [5, 5.41) is 6.47. The van der Waals surface area contributed by atoms with Gasteiger partial charge in [-0.25, -0.2) is 4.98 Å². The SMILES string of the molecule is CC[C@H](C)Nc1nc(Nc2ccc(OC(F)(F)F)cc2C)cc(C2CC2)n1. The Kier molecular flexibility index (Phi) is 5.43. The summed E-state index contributed by atoms with van der Waals surface area (Å²) in [4.78, 5) is 9.10. The van der Waals surface area contributed by atoms with Crippen LogP contribution in [0.2, 0.25) is 0 Å². The van der Waals surface area contributed by atoms with Crippen LogP contribution < -0.4 is 15.4 Å². The summed E-state index contributed by atoms with van der Waals surface area (Å²) in [7, 11) is 0. The fourth-order valence-electron chi connectivity index (χ4n) is 2.62. The molecule has 0 amide bonds. The Morgan fingerprint density at radius 1 is 1.22 bits per heavy atom. The topological polar surface area (TPSA) is 59.1 Å². The molecule has 0 unspecified atom stereocenters. The largest absolute Gasteiger partial charge is 0.573 e. The van der Waals surface area contributed by atoms with E-state index in [1.165, 1.54) is 12.1 Å². The standard InChI is InChI=1S/C19H23F3N4O/c1-4-12(3)23-18-25-16(13-5-6-13)10-17(26-18)24-15-8-7-14(9-11(15)2)27-19(20,21)22/h7-10,12-13H,4-6H2,1-3H3,(H2,23,24,25,26)/t12-/m0/s1. The Hall–Kier alpha value is -2.51. The van der Waals surface area contributed by atoms with Crippen LogP contribution in [0.15, 0.2) is 24.3 Å². The molecule has 1 aliphatic rings. The van der Waals surface area contributed by atoms with Crippen molar-refractivity contribution >= 4 is 17.5 Å². The van der Waals surface area contributed by atoms with Gasteiger partial charge in [-0.05, 0) is 56.9 Å². The van der Waals surface area contributed by atoms with E-state index in [-0.39, 0.29) is 11.8 Å². The lowest BCUT2D eigenvalue weighted by Gasteiger charge is -2.16. The number of anilines is 3. The molecule has 3 rings (SSSR count). The Balaban J connectivity index is 1.82. The number of alkyl halides is 3. The molecule has 0 radical (unpaired) electrons. The molecule has 27 heavy (non-hydrogen) atoms. The van der Waals surface area contributed by atoms with Crippen LogP contribution in [-0.4, -0.2) is 22.4 Å². The summed E-state index contributed by atoms with van der Waals surface area (Å²) < 4.78 is 41.0. The Labute approximate surface area is 156 Å². The molecular formula is C19H23F3N4O. The molecule has 0 aliphatic heterocycles. The predicted molar refractivity (Wildman–Crippen MR) is 98.5 cm³/mol. The van der Waals surface area contributed by atoms with Crippen molar-refractivity contribution in [1.82, 2.24) is 9.97 Å². The molecule has 5 nitrogen and oxygen atoms in total. The second-order valence-electron chi connectivity index (χ2n) is 6.88. The van der Waals surface area contributed by atoms with Crippen molar-refractivity contribution in [2.75, 3.05) is 10.6 Å². The Bertz CT molecular complexity index is 806. The van der Waals surface area contributed by atoms with Gasteiger partial charge in [0, 0.05) is 23.7 Å². The summed E-state index contributed by atoms with van der Waals surface area (Å²) in [5.41, 5.74) is 2.27. The number of halogens is 3. The molecule has 0 saturated heterocycles. The van der Waals surface area contributed by atoms with Crippen molar-refractivity contribution in [3.63, 3.8) is 0 Å². The van der Waals surface area contributed by atoms with Crippen molar-refractivity contribution in [3.05, 3.63) is 35.5 Å². The van der Waals surface area contributed by atoms with Crippen LogP contribution in [0.5, 0.6) is 5.75 Å². The fourth-order valence-corrected chi connectivity index (χ4v) is 2.62. The van der Waals surface area contributed by atoms with Crippen molar-refractivity contribution in [2.24, 2.45) is 0 Å². The van der Waals surface area contributed by atoms with Gasteiger partial charge in [0.1, 0.15) is 11.6 Å². The van der Waals surface area contributed by atoms with Gasteiger partial charge in [-0.2, -0.15) is 4.98 Å². The number of benzene rings is 1. The minimum Gasteiger partial charge on any atom is -0.406 e. The zero-order valence-electron chi connectivity index (χ0n) is 15.5. The van der Waals surface area contributed by atoms with E-state index >= 15 is 0 Å². The van der Waals surface area contributed by atoms with E-state index in [0.717, 1.165) is 25.0 Å². The highest BCUT2D eigenvalue weighted by Gasteiger charge is 2.31. The molecule has 1 saturated carbocycles. The molecule has 1 aromatic carbocycles. The second kappa shape index (κ2) is 7.62. The van der Waals surface area contributed by atoms with Gasteiger partial charge in [0.15, 0.2) is 0 Å². The predicted octanol–water partition coefficient (Wildman–Crippen LogP) is 5.52. The summed E-state index contributed by atoms with van der Waals surface area (Å²) >= 11 is 0. The smallest absolute Gasteiger partial charge is 0.406 e. The molecule has 0 spiro atoms. The van der Waals surface area contributed by atoms with E-state index in [0.29, 0.717) is 28.9 Å². The minimum absolute atomic E-state index is 0.243. The first-order valence-electron chi connectivity index (χ1n) is 9.02. The van der Waals surface area contributed by atoms with Crippen molar-refractivity contribution < 1.29 is 17.9 Å². The van der Waals surface area contributed by atoms with Crippen LogP contribution in [-0.2, 0) is 0 Å². The number of nitrogens with one attached hydrogen (secondary N) is 2. The summed E-state index contributed by atoms with van der Waals surface area (Å²) in [6.45, 7) is 5.85. The highest BCUT2D eigenvalue weighted by Crippen LogP contribution is 2.40. The average Bonchev–Trinajstić information content (AvgIpc) is 3.40. The van der Waals surface area contributed by atoms with Crippen LogP contribution >= 0.6 is 0 Å². The third kappa shape index (κ3) is 5.48. The lowest BCUT2D eigenvalue weighted by Crippen LogP contribution is -2.17. The van der Waals surface area contributed by atoms with Crippen molar-refractivity contribution in [1.29, 1.82) is 0 Å². The van der Waals surface area contributed by atoms with Gasteiger partial charge in [-0.1, -0.05) is 6.92 Å². The highest BCUT2D eigenvalue weighted by atomic mass is 19.4. The van der Waals surface area contributed by atoms with Crippen molar-refractivity contribution in [2.45, 2.75) is 58.4 Å². The van der Waals surface area contributed by atoms with Crippen LogP contribution in [0.1, 0.15) is 50.3 Å². The van der Waals surface area contributed by atoms with Crippen LogP contribution in [0, 0.1) is 6.92 Å².